The molecule has 2 rings (SSSR count). The third-order valence-electron chi connectivity index (χ3n) is 2.74. The van der Waals surface area contributed by atoms with E-state index in [1.807, 2.05) is 0 Å². The molecule has 0 N–H and O–H groups in total. The Morgan fingerprint density at radius 1 is 1.19 bits per heavy atom. The van der Waals surface area contributed by atoms with Gasteiger partial charge in [-0.1, -0.05) is 6.07 Å². The molecular weight excluding hydrogens is 323 g/mol. The number of thioether (sulfide) groups is 1. The van der Waals surface area contributed by atoms with Crippen LogP contribution in [0.4, 0.5) is 13.2 Å². The lowest BCUT2D eigenvalue weighted by Gasteiger charge is -2.10. The minimum atomic E-state index is -4.35. The number of benzene rings is 1. The highest BCUT2D eigenvalue weighted by Gasteiger charge is 2.30. The van der Waals surface area contributed by atoms with Gasteiger partial charge in [-0.3, -0.25) is 4.98 Å². The van der Waals surface area contributed by atoms with Crippen molar-refractivity contribution in [2.24, 2.45) is 0 Å². The topological polar surface area (TPSA) is 22.1 Å². The number of alkyl halides is 4. The van der Waals surface area contributed by atoms with E-state index < -0.39 is 11.7 Å². The first-order valence-corrected chi connectivity index (χ1v) is 7.77. The lowest BCUT2D eigenvalue weighted by atomic mass is 10.1. The van der Waals surface area contributed by atoms with Gasteiger partial charge in [0.15, 0.2) is 0 Å². The van der Waals surface area contributed by atoms with Gasteiger partial charge in [0, 0.05) is 28.1 Å². The van der Waals surface area contributed by atoms with Crippen molar-refractivity contribution in [1.29, 1.82) is 0 Å². The summed E-state index contributed by atoms with van der Waals surface area (Å²) in [7, 11) is 0. The average molecular weight is 336 g/mol. The van der Waals surface area contributed by atoms with Crippen molar-refractivity contribution < 1.29 is 17.9 Å². The lowest BCUT2D eigenvalue weighted by Crippen LogP contribution is -2.04. The second-order valence-electron chi connectivity index (χ2n) is 4.19. The molecular formula is C14H13ClF3NOS. The molecule has 0 atom stereocenters. The minimum Gasteiger partial charge on any atom is -0.379 e. The number of hydrogen-bond acceptors (Lipinski definition) is 3. The van der Waals surface area contributed by atoms with Crippen LogP contribution in [-0.4, -0.2) is 29.8 Å². The van der Waals surface area contributed by atoms with Gasteiger partial charge in [-0.15, -0.1) is 23.4 Å². The van der Waals surface area contributed by atoms with E-state index in [4.69, 9.17) is 16.3 Å². The maximum Gasteiger partial charge on any atom is 0.416 e. The summed E-state index contributed by atoms with van der Waals surface area (Å²) in [5.41, 5.74) is -0.341. The summed E-state index contributed by atoms with van der Waals surface area (Å²) in [6.45, 7) is 1.04. The fourth-order valence-corrected chi connectivity index (χ4v) is 2.81. The SMILES string of the molecule is FC(F)(F)c1ccc2c(SCCOCCCl)ccnc2c1. The fraction of sp³-hybridized carbons (Fsp3) is 0.357. The van der Waals surface area contributed by atoms with Gasteiger partial charge in [0.1, 0.15) is 0 Å². The first-order chi connectivity index (χ1) is 10.0. The van der Waals surface area contributed by atoms with Crippen LogP contribution in [0.25, 0.3) is 10.9 Å². The van der Waals surface area contributed by atoms with Gasteiger partial charge in [-0.2, -0.15) is 13.2 Å². The normalized spacial score (nSPS) is 12.0. The first-order valence-electron chi connectivity index (χ1n) is 6.25. The number of aromatic nitrogens is 1. The number of rotatable bonds is 6. The second-order valence-corrected chi connectivity index (χ2v) is 5.70. The summed E-state index contributed by atoms with van der Waals surface area (Å²) in [5, 5.41) is 0.716. The van der Waals surface area contributed by atoms with Gasteiger partial charge >= 0.3 is 6.18 Å². The number of fused-ring (bicyclic) bond motifs is 1. The van der Waals surface area contributed by atoms with Crippen LogP contribution in [0.15, 0.2) is 35.4 Å². The van der Waals surface area contributed by atoms with Crippen molar-refractivity contribution in [1.82, 2.24) is 4.98 Å². The Bertz CT molecular complexity index is 606. The van der Waals surface area contributed by atoms with Crippen molar-refractivity contribution in [2.75, 3.05) is 24.8 Å². The zero-order chi connectivity index (χ0) is 15.3. The number of ether oxygens (including phenoxy) is 1. The van der Waals surface area contributed by atoms with Gasteiger partial charge in [0.05, 0.1) is 24.3 Å². The molecule has 0 radical (unpaired) electrons. The van der Waals surface area contributed by atoms with Gasteiger partial charge in [-0.05, 0) is 18.2 Å². The molecule has 0 unspecified atom stereocenters. The van der Waals surface area contributed by atoms with Crippen molar-refractivity contribution in [2.45, 2.75) is 11.1 Å². The molecule has 1 aromatic carbocycles. The summed E-state index contributed by atoms with van der Waals surface area (Å²) in [6.07, 6.45) is -2.83. The second kappa shape index (κ2) is 7.33. The van der Waals surface area contributed by atoms with Gasteiger partial charge in [0.25, 0.3) is 0 Å². The smallest absolute Gasteiger partial charge is 0.379 e. The lowest BCUT2D eigenvalue weighted by molar-refractivity contribution is -0.137. The van der Waals surface area contributed by atoms with E-state index in [9.17, 15) is 13.2 Å². The van der Waals surface area contributed by atoms with Crippen LogP contribution in [0.3, 0.4) is 0 Å². The van der Waals surface area contributed by atoms with Crippen LogP contribution in [0, 0.1) is 0 Å². The van der Waals surface area contributed by atoms with Crippen LogP contribution < -0.4 is 0 Å². The van der Waals surface area contributed by atoms with E-state index in [0.29, 0.717) is 35.7 Å². The van der Waals surface area contributed by atoms with E-state index in [1.165, 1.54) is 24.0 Å². The number of nitrogens with zero attached hydrogens (tertiary/aromatic N) is 1. The molecule has 7 heteroatoms. The van der Waals surface area contributed by atoms with Crippen LogP contribution >= 0.6 is 23.4 Å². The maximum atomic E-state index is 12.7. The molecule has 114 valence electrons. The molecule has 21 heavy (non-hydrogen) atoms. The van der Waals surface area contributed by atoms with Crippen LogP contribution in [0.1, 0.15) is 5.56 Å². The van der Waals surface area contributed by atoms with Crippen LogP contribution in [0.5, 0.6) is 0 Å². The zero-order valence-corrected chi connectivity index (χ0v) is 12.6. The minimum absolute atomic E-state index is 0.344. The van der Waals surface area contributed by atoms with Gasteiger partial charge in [-0.25, -0.2) is 0 Å². The standard InChI is InChI=1S/C14H13ClF3NOS/c15-4-6-20-7-8-21-13-3-5-19-12-9-10(14(16,17)18)1-2-11(12)13/h1-3,5,9H,4,6-8H2. The highest BCUT2D eigenvalue weighted by Crippen LogP contribution is 2.33. The Morgan fingerprint density at radius 3 is 2.71 bits per heavy atom. The predicted octanol–water partition coefficient (Wildman–Crippen LogP) is 4.60. The van der Waals surface area contributed by atoms with E-state index >= 15 is 0 Å². The van der Waals surface area contributed by atoms with E-state index in [-0.39, 0.29) is 0 Å². The van der Waals surface area contributed by atoms with Crippen LogP contribution in [0.2, 0.25) is 0 Å². The molecule has 1 aromatic heterocycles. The molecule has 0 aliphatic heterocycles. The molecule has 0 saturated carbocycles. The predicted molar refractivity (Wildman–Crippen MR) is 79.0 cm³/mol. The molecule has 2 nitrogen and oxygen atoms in total. The largest absolute Gasteiger partial charge is 0.416 e. The van der Waals surface area contributed by atoms with Gasteiger partial charge < -0.3 is 4.74 Å². The monoisotopic (exact) mass is 335 g/mol. The quantitative estimate of drug-likeness (QED) is 0.437. The highest BCUT2D eigenvalue weighted by atomic mass is 35.5. The highest BCUT2D eigenvalue weighted by molar-refractivity contribution is 7.99. The molecule has 2 aromatic rings. The molecule has 0 aliphatic carbocycles. The Kier molecular flexibility index (Phi) is 5.72. The summed E-state index contributed by atoms with van der Waals surface area (Å²) < 4.78 is 43.3. The fourth-order valence-electron chi connectivity index (χ4n) is 1.79. The maximum absolute atomic E-state index is 12.7. The first kappa shape index (κ1) is 16.4. The molecule has 0 aliphatic rings. The molecule has 0 amide bonds. The zero-order valence-electron chi connectivity index (χ0n) is 11.0. The summed E-state index contributed by atoms with van der Waals surface area (Å²) in [4.78, 5) is 4.90. The number of halogens is 4. The molecule has 1 heterocycles. The Hall–Kier alpha value is -0.980. The van der Waals surface area contributed by atoms with Gasteiger partial charge in [0.2, 0.25) is 0 Å². The Balaban J connectivity index is 2.14. The van der Waals surface area contributed by atoms with Crippen LogP contribution in [-0.2, 0) is 10.9 Å². The Labute approximate surface area is 129 Å². The van der Waals surface area contributed by atoms with Crippen molar-refractivity contribution in [3.63, 3.8) is 0 Å². The van der Waals surface area contributed by atoms with Crippen molar-refractivity contribution in [3.05, 3.63) is 36.0 Å². The summed E-state index contributed by atoms with van der Waals surface area (Å²) in [6, 6.07) is 5.41. The van der Waals surface area contributed by atoms with E-state index in [2.05, 4.69) is 4.98 Å². The molecule has 0 saturated heterocycles. The number of pyridine rings is 1. The molecule has 0 bridgehead atoms. The van der Waals surface area contributed by atoms with E-state index in [1.54, 1.807) is 6.07 Å². The molecule has 0 spiro atoms. The van der Waals surface area contributed by atoms with Crippen molar-refractivity contribution in [3.8, 4) is 0 Å². The third-order valence-corrected chi connectivity index (χ3v) is 3.93. The number of hydrogen-bond donors (Lipinski definition) is 0. The summed E-state index contributed by atoms with van der Waals surface area (Å²) in [5.74, 6) is 1.15. The Morgan fingerprint density at radius 2 is 2.00 bits per heavy atom. The molecule has 0 fully saturated rings. The summed E-state index contributed by atoms with van der Waals surface area (Å²) >= 11 is 7.02. The van der Waals surface area contributed by atoms with E-state index in [0.717, 1.165) is 17.0 Å². The average Bonchev–Trinajstić information content (AvgIpc) is 2.45. The van der Waals surface area contributed by atoms with Crippen molar-refractivity contribution >= 4 is 34.3 Å². The third kappa shape index (κ3) is 4.49.